The molecule has 0 radical (unpaired) electrons. The maximum absolute atomic E-state index is 11.6. The van der Waals surface area contributed by atoms with Gasteiger partial charge in [-0.05, 0) is 28.4 Å². The highest BCUT2D eigenvalue weighted by Gasteiger charge is 2.52. The average molecular weight is 597 g/mol. The molecule has 1 saturated heterocycles. The van der Waals surface area contributed by atoms with Crippen LogP contribution in [0.25, 0.3) is 0 Å². The second-order valence-corrected chi connectivity index (χ2v) is 15.8. The van der Waals surface area contributed by atoms with Gasteiger partial charge < -0.3 is 29.2 Å². The Morgan fingerprint density at radius 2 is 1.55 bits per heavy atom. The van der Waals surface area contributed by atoms with E-state index in [2.05, 4.69) is 74.3 Å². The molecule has 0 saturated carbocycles. The van der Waals surface area contributed by atoms with Crippen molar-refractivity contribution in [3.8, 4) is 0 Å². The number of nitrogens with one attached hydrogen (secondary N) is 1. The van der Waals surface area contributed by atoms with Gasteiger partial charge in [-0.1, -0.05) is 81.4 Å². The molecule has 4 N–H and O–H groups in total. The first-order valence-electron chi connectivity index (χ1n) is 14.0. The molecular formula is C31H40N2O8Si. The number of aryl methyl sites for hydroxylation is 1. The minimum atomic E-state index is -2.61. The number of benzene rings is 2. The highest BCUT2D eigenvalue weighted by molar-refractivity contribution is 6.99. The Labute approximate surface area is 246 Å². The number of aliphatic hydroxyl groups excluding tert-OH is 3. The van der Waals surface area contributed by atoms with Crippen LogP contribution in [0.1, 0.15) is 39.0 Å². The Bertz CT molecular complexity index is 1410. The monoisotopic (exact) mass is 596 g/mol. The summed E-state index contributed by atoms with van der Waals surface area (Å²) in [4.78, 5) is 24.9. The van der Waals surface area contributed by atoms with E-state index in [0.717, 1.165) is 0 Å². The van der Waals surface area contributed by atoms with E-state index in [-0.39, 0.29) is 36.9 Å². The Balaban J connectivity index is 0.000000208. The number of nitrogens with zero attached hydrogens (tertiary/aromatic N) is 1. The van der Waals surface area contributed by atoms with Crippen LogP contribution in [0.5, 0.6) is 0 Å². The lowest BCUT2D eigenvalue weighted by atomic mass is 10.2. The van der Waals surface area contributed by atoms with Crippen molar-refractivity contribution in [2.45, 2.75) is 69.8 Å². The number of hydrogen-bond acceptors (Lipinski definition) is 8. The van der Waals surface area contributed by atoms with Crippen molar-refractivity contribution in [1.29, 1.82) is 0 Å². The molecule has 1 aromatic heterocycles. The van der Waals surface area contributed by atoms with Gasteiger partial charge in [-0.2, -0.15) is 0 Å². The Kier molecular flexibility index (Phi) is 10.0. The van der Waals surface area contributed by atoms with E-state index >= 15 is 0 Å². The Hall–Kier alpha value is -3.32. The van der Waals surface area contributed by atoms with E-state index in [1.165, 1.54) is 21.1 Å². The minimum Gasteiger partial charge on any atom is -0.493 e. The second-order valence-electron chi connectivity index (χ2n) is 11.5. The molecule has 1 fully saturated rings. The van der Waals surface area contributed by atoms with Crippen molar-refractivity contribution >= 4 is 18.7 Å². The predicted molar refractivity (Wildman–Crippen MR) is 161 cm³/mol. The van der Waals surface area contributed by atoms with Crippen LogP contribution >= 0.6 is 0 Å². The molecule has 3 heterocycles. The number of aromatic amines is 1. The number of ether oxygens (including phenoxy) is 2. The average Bonchev–Trinajstić information content (AvgIpc) is 3.59. The maximum Gasteiger partial charge on any atom is 0.330 e. The standard InChI is InChI=1S/C21H26O3Si.C10H14N2O5/c1-21(2,3)25(17-10-6-4-7-11-17,18-12-8-5-9-13-18)24-19-14-15-23-20(19)16-22;1-5-3-12(10(16)11-9(5)15)8-2-6(14)7(4-13)17-8/h4-15,19-20,22H,16H2,1-3H3;3,6-8,13-14H,2,4H2,1H3,(H,11,15,16)/t19-,20+;6-,7+,8+/m00/s1. The zero-order valence-electron chi connectivity index (χ0n) is 24.3. The molecule has 2 aromatic carbocycles. The third-order valence-electron chi connectivity index (χ3n) is 7.64. The lowest BCUT2D eigenvalue weighted by Gasteiger charge is -2.44. The van der Waals surface area contributed by atoms with Gasteiger partial charge in [0.1, 0.15) is 24.5 Å². The minimum absolute atomic E-state index is 0.0597. The van der Waals surface area contributed by atoms with Crippen LogP contribution in [-0.4, -0.2) is 70.8 Å². The second kappa shape index (κ2) is 13.3. The molecule has 3 aromatic rings. The predicted octanol–water partition coefficient (Wildman–Crippen LogP) is 1.32. The molecule has 0 unspecified atom stereocenters. The van der Waals surface area contributed by atoms with Crippen LogP contribution in [-0.2, 0) is 13.9 Å². The van der Waals surface area contributed by atoms with Crippen molar-refractivity contribution in [1.82, 2.24) is 9.55 Å². The first kappa shape index (κ1) is 31.6. The van der Waals surface area contributed by atoms with E-state index in [1.807, 2.05) is 18.2 Å². The Morgan fingerprint density at radius 3 is 2.05 bits per heavy atom. The van der Waals surface area contributed by atoms with Crippen LogP contribution in [0.4, 0.5) is 0 Å². The molecule has 226 valence electrons. The van der Waals surface area contributed by atoms with Crippen molar-refractivity contribution in [2.24, 2.45) is 0 Å². The summed E-state index contributed by atoms with van der Waals surface area (Å²) in [6, 6.07) is 21.0. The maximum atomic E-state index is 11.6. The summed E-state index contributed by atoms with van der Waals surface area (Å²) < 4.78 is 19.0. The van der Waals surface area contributed by atoms with Crippen molar-refractivity contribution in [3.63, 3.8) is 0 Å². The molecule has 0 bridgehead atoms. The summed E-state index contributed by atoms with van der Waals surface area (Å²) in [6.07, 6.45) is 2.38. The molecule has 5 rings (SSSR count). The third kappa shape index (κ3) is 6.51. The molecule has 10 nitrogen and oxygen atoms in total. The quantitative estimate of drug-likeness (QED) is 0.299. The summed E-state index contributed by atoms with van der Waals surface area (Å²) >= 11 is 0. The zero-order chi connectivity index (χ0) is 30.5. The highest BCUT2D eigenvalue weighted by Crippen LogP contribution is 2.38. The van der Waals surface area contributed by atoms with Crippen LogP contribution in [0.3, 0.4) is 0 Å². The molecule has 0 amide bonds. The smallest absolute Gasteiger partial charge is 0.330 e. The van der Waals surface area contributed by atoms with Crippen molar-refractivity contribution in [2.75, 3.05) is 13.2 Å². The van der Waals surface area contributed by atoms with E-state index in [4.69, 9.17) is 19.0 Å². The number of H-pyrrole nitrogens is 1. The number of hydrogen-bond donors (Lipinski definition) is 4. The van der Waals surface area contributed by atoms with E-state index < -0.39 is 38.0 Å². The van der Waals surface area contributed by atoms with Crippen LogP contribution < -0.4 is 21.6 Å². The van der Waals surface area contributed by atoms with Gasteiger partial charge in [-0.3, -0.25) is 14.3 Å². The van der Waals surface area contributed by atoms with Gasteiger partial charge in [-0.15, -0.1) is 0 Å². The van der Waals surface area contributed by atoms with Gasteiger partial charge >= 0.3 is 5.69 Å². The SMILES string of the molecule is CC(C)(C)[Si](O[C@H]1C=CO[C@@H]1CO)(c1ccccc1)c1ccccc1.Cc1cn([C@H]2C[C@H](O)[C@@H](CO)O2)c(=O)[nH]c1=O. The first-order chi connectivity index (χ1) is 20.0. The summed E-state index contributed by atoms with van der Waals surface area (Å²) in [6.45, 7) is 7.93. The number of aliphatic hydroxyl groups is 3. The number of aromatic nitrogens is 2. The molecular weight excluding hydrogens is 556 g/mol. The summed E-state index contributed by atoms with van der Waals surface area (Å²) in [5, 5.41) is 30.5. The zero-order valence-corrected chi connectivity index (χ0v) is 25.3. The van der Waals surface area contributed by atoms with Crippen LogP contribution in [0.15, 0.2) is 88.8 Å². The highest BCUT2D eigenvalue weighted by atomic mass is 28.4. The summed E-state index contributed by atoms with van der Waals surface area (Å²) in [7, 11) is -2.61. The van der Waals surface area contributed by atoms with E-state index in [0.29, 0.717) is 5.56 Å². The van der Waals surface area contributed by atoms with E-state index in [1.54, 1.807) is 13.2 Å². The largest absolute Gasteiger partial charge is 0.493 e. The van der Waals surface area contributed by atoms with Gasteiger partial charge in [0.2, 0.25) is 0 Å². The van der Waals surface area contributed by atoms with Gasteiger partial charge in [0.05, 0.1) is 25.6 Å². The lowest BCUT2D eigenvalue weighted by Crippen LogP contribution is -2.68. The molecule has 42 heavy (non-hydrogen) atoms. The van der Waals surface area contributed by atoms with Crippen LogP contribution in [0, 0.1) is 6.92 Å². The fourth-order valence-corrected chi connectivity index (χ4v) is 10.1. The molecule has 11 heteroatoms. The molecule has 0 spiro atoms. The molecule has 2 aliphatic rings. The Morgan fingerprint density at radius 1 is 0.976 bits per heavy atom. The molecule has 2 aliphatic heterocycles. The molecule has 5 atom stereocenters. The first-order valence-corrected chi connectivity index (χ1v) is 15.9. The third-order valence-corrected chi connectivity index (χ3v) is 12.7. The topological polar surface area (TPSA) is 143 Å². The van der Waals surface area contributed by atoms with Crippen molar-refractivity contribution in [3.05, 3.63) is 106 Å². The fourth-order valence-electron chi connectivity index (χ4n) is 5.43. The normalized spacial score (nSPS) is 23.7. The van der Waals surface area contributed by atoms with Gasteiger partial charge in [-0.25, -0.2) is 4.79 Å². The van der Waals surface area contributed by atoms with Gasteiger partial charge in [0.25, 0.3) is 13.9 Å². The van der Waals surface area contributed by atoms with E-state index in [9.17, 15) is 19.8 Å². The summed E-state index contributed by atoms with van der Waals surface area (Å²) in [5.74, 6) is 0. The van der Waals surface area contributed by atoms with Crippen LogP contribution in [0.2, 0.25) is 5.04 Å². The fraction of sp³-hybridized carbons (Fsp3) is 0.419. The summed E-state index contributed by atoms with van der Waals surface area (Å²) in [5.41, 5.74) is -0.643. The lowest BCUT2D eigenvalue weighted by molar-refractivity contribution is -0.0459. The van der Waals surface area contributed by atoms with Gasteiger partial charge in [0, 0.05) is 18.2 Å². The molecule has 0 aliphatic carbocycles. The van der Waals surface area contributed by atoms with Crippen molar-refractivity contribution < 1.29 is 29.2 Å². The number of rotatable bonds is 7. The van der Waals surface area contributed by atoms with Gasteiger partial charge in [0.15, 0.2) is 0 Å².